The van der Waals surface area contributed by atoms with Gasteiger partial charge in [0.2, 0.25) is 5.91 Å². The number of aromatic hydroxyl groups is 1. The molecule has 0 aromatic heterocycles. The minimum absolute atomic E-state index is 0.0840. The van der Waals surface area contributed by atoms with Crippen molar-refractivity contribution in [2.24, 2.45) is 0 Å². The second kappa shape index (κ2) is 6.89. The number of amides is 3. The zero-order valence-corrected chi connectivity index (χ0v) is 13.1. The molecule has 3 amide bonds. The van der Waals surface area contributed by atoms with Crippen LogP contribution in [0, 0.1) is 0 Å². The number of benzene rings is 1. The van der Waals surface area contributed by atoms with E-state index in [1.54, 1.807) is 17.0 Å². The molecule has 1 atom stereocenters. The summed E-state index contributed by atoms with van der Waals surface area (Å²) in [6.45, 7) is 2.03. The minimum Gasteiger partial charge on any atom is -0.508 e. The highest BCUT2D eigenvalue weighted by Gasteiger charge is 2.28. The molecule has 0 bridgehead atoms. The molecule has 0 unspecified atom stereocenters. The highest BCUT2D eigenvalue weighted by atomic mass is 16.3. The van der Waals surface area contributed by atoms with Gasteiger partial charge in [0.1, 0.15) is 11.8 Å². The maximum absolute atomic E-state index is 12.3. The molecule has 1 aromatic carbocycles. The highest BCUT2D eigenvalue weighted by molar-refractivity contribution is 5.87. The first-order valence-electron chi connectivity index (χ1n) is 8.25. The van der Waals surface area contributed by atoms with Gasteiger partial charge in [-0.25, -0.2) is 4.79 Å². The van der Waals surface area contributed by atoms with E-state index in [4.69, 9.17) is 0 Å². The molecule has 3 rings (SSSR count). The lowest BCUT2D eigenvalue weighted by Crippen LogP contribution is -2.54. The second-order valence-corrected chi connectivity index (χ2v) is 6.29. The Morgan fingerprint density at radius 2 is 2.04 bits per heavy atom. The predicted molar refractivity (Wildman–Crippen MR) is 86.2 cm³/mol. The van der Waals surface area contributed by atoms with Crippen molar-refractivity contribution in [2.45, 2.75) is 37.6 Å². The number of carbonyl (C=O) groups is 2. The smallest absolute Gasteiger partial charge is 0.318 e. The highest BCUT2D eigenvalue weighted by Crippen LogP contribution is 2.29. The number of carbonyl (C=O) groups excluding carboxylic acids is 2. The zero-order chi connectivity index (χ0) is 16.2. The monoisotopic (exact) mass is 317 g/mol. The van der Waals surface area contributed by atoms with Gasteiger partial charge in [0.25, 0.3) is 0 Å². The molecular formula is C17H23N3O3. The fourth-order valence-corrected chi connectivity index (χ4v) is 3.34. The average Bonchev–Trinajstić information content (AvgIpc) is 2.57. The number of nitrogens with one attached hydrogen (secondary N) is 2. The van der Waals surface area contributed by atoms with Crippen molar-refractivity contribution >= 4 is 11.9 Å². The number of likely N-dealkylation sites (tertiary alicyclic amines) is 1. The molecule has 124 valence electrons. The molecule has 6 heteroatoms. The zero-order valence-electron chi connectivity index (χ0n) is 13.1. The van der Waals surface area contributed by atoms with Gasteiger partial charge in [-0.2, -0.15) is 0 Å². The fourth-order valence-electron chi connectivity index (χ4n) is 3.34. The molecule has 2 aliphatic heterocycles. The largest absolute Gasteiger partial charge is 0.508 e. The van der Waals surface area contributed by atoms with Crippen LogP contribution in [0.15, 0.2) is 24.3 Å². The van der Waals surface area contributed by atoms with Crippen LogP contribution in [0.2, 0.25) is 0 Å². The summed E-state index contributed by atoms with van der Waals surface area (Å²) in [7, 11) is 0. The Bertz CT molecular complexity index is 582. The van der Waals surface area contributed by atoms with Gasteiger partial charge in [-0.1, -0.05) is 12.1 Å². The van der Waals surface area contributed by atoms with Crippen molar-refractivity contribution in [3.8, 4) is 5.75 Å². The summed E-state index contributed by atoms with van der Waals surface area (Å²) < 4.78 is 0. The van der Waals surface area contributed by atoms with Gasteiger partial charge >= 0.3 is 6.03 Å². The number of urea groups is 1. The molecule has 0 radical (unpaired) electrons. The van der Waals surface area contributed by atoms with Crippen LogP contribution in [0.25, 0.3) is 0 Å². The summed E-state index contributed by atoms with van der Waals surface area (Å²) >= 11 is 0. The van der Waals surface area contributed by atoms with E-state index in [2.05, 4.69) is 10.6 Å². The summed E-state index contributed by atoms with van der Waals surface area (Å²) in [5, 5.41) is 15.2. The van der Waals surface area contributed by atoms with Crippen molar-refractivity contribution in [3.05, 3.63) is 29.8 Å². The molecule has 3 N–H and O–H groups in total. The number of hydrogen-bond acceptors (Lipinski definition) is 3. The van der Waals surface area contributed by atoms with E-state index in [0.717, 1.165) is 24.8 Å². The van der Waals surface area contributed by atoms with Crippen LogP contribution in [0.1, 0.15) is 37.2 Å². The van der Waals surface area contributed by atoms with E-state index in [1.807, 2.05) is 12.1 Å². The number of rotatable bonds is 2. The van der Waals surface area contributed by atoms with Crippen LogP contribution in [0.3, 0.4) is 0 Å². The lowest BCUT2D eigenvalue weighted by molar-refractivity contribution is -0.124. The Kier molecular flexibility index (Phi) is 4.69. The second-order valence-electron chi connectivity index (χ2n) is 6.29. The molecule has 2 heterocycles. The van der Waals surface area contributed by atoms with Gasteiger partial charge in [-0.3, -0.25) is 4.79 Å². The van der Waals surface area contributed by atoms with Gasteiger partial charge in [-0.15, -0.1) is 0 Å². The van der Waals surface area contributed by atoms with Crippen molar-refractivity contribution in [2.75, 3.05) is 19.6 Å². The molecule has 1 aromatic rings. The molecule has 2 aliphatic rings. The average molecular weight is 317 g/mol. The SMILES string of the molecule is O=C1NCCC[C@H]1NC(=O)N1CCC(c2cccc(O)c2)CC1. The summed E-state index contributed by atoms with van der Waals surface area (Å²) in [5.41, 5.74) is 1.12. The van der Waals surface area contributed by atoms with Crippen molar-refractivity contribution < 1.29 is 14.7 Å². The first-order valence-corrected chi connectivity index (χ1v) is 8.25. The number of phenols is 1. The number of phenolic OH excluding ortho intramolecular Hbond substituents is 1. The van der Waals surface area contributed by atoms with Gasteiger partial charge in [0, 0.05) is 19.6 Å². The van der Waals surface area contributed by atoms with Crippen molar-refractivity contribution in [1.82, 2.24) is 15.5 Å². The molecule has 0 saturated carbocycles. The summed E-state index contributed by atoms with van der Waals surface area (Å²) in [5.74, 6) is 0.564. The van der Waals surface area contributed by atoms with Crippen LogP contribution in [-0.4, -0.2) is 47.6 Å². The molecule has 6 nitrogen and oxygen atoms in total. The quantitative estimate of drug-likeness (QED) is 0.774. The van der Waals surface area contributed by atoms with Gasteiger partial charge in [0.15, 0.2) is 0 Å². The van der Waals surface area contributed by atoms with E-state index in [9.17, 15) is 14.7 Å². The minimum atomic E-state index is -0.403. The Balaban J connectivity index is 1.52. The lowest BCUT2D eigenvalue weighted by Gasteiger charge is -2.34. The third-order valence-corrected chi connectivity index (χ3v) is 4.71. The number of hydrogen-bond donors (Lipinski definition) is 3. The molecule has 0 spiro atoms. The Labute approximate surface area is 135 Å². The maximum Gasteiger partial charge on any atom is 0.318 e. The van der Waals surface area contributed by atoms with Crippen LogP contribution in [0.5, 0.6) is 5.75 Å². The molecule has 2 fully saturated rings. The number of nitrogens with zero attached hydrogens (tertiary/aromatic N) is 1. The maximum atomic E-state index is 12.3. The standard InChI is InChI=1S/C17H23N3O3/c21-14-4-1-3-13(11-14)12-6-9-20(10-7-12)17(23)19-15-5-2-8-18-16(15)22/h1,3-4,11-12,15,21H,2,5-10H2,(H,18,22)(H,19,23)/t15-/m1/s1. The van der Waals surface area contributed by atoms with E-state index in [1.165, 1.54) is 0 Å². The van der Waals surface area contributed by atoms with E-state index in [0.29, 0.717) is 32.0 Å². The van der Waals surface area contributed by atoms with Crippen LogP contribution >= 0.6 is 0 Å². The summed E-state index contributed by atoms with van der Waals surface area (Å²) in [6, 6.07) is 6.79. The van der Waals surface area contributed by atoms with Gasteiger partial charge in [0.05, 0.1) is 0 Å². The van der Waals surface area contributed by atoms with Crippen molar-refractivity contribution in [1.29, 1.82) is 0 Å². The van der Waals surface area contributed by atoms with Gasteiger partial charge in [-0.05, 0) is 49.3 Å². The first-order chi connectivity index (χ1) is 11.1. The Morgan fingerprint density at radius 3 is 2.74 bits per heavy atom. The third-order valence-electron chi connectivity index (χ3n) is 4.71. The number of piperidine rings is 2. The lowest BCUT2D eigenvalue weighted by atomic mass is 9.89. The van der Waals surface area contributed by atoms with E-state index >= 15 is 0 Å². The molecule has 2 saturated heterocycles. The first kappa shape index (κ1) is 15.6. The van der Waals surface area contributed by atoms with E-state index in [-0.39, 0.29) is 17.7 Å². The Morgan fingerprint density at radius 1 is 1.26 bits per heavy atom. The topological polar surface area (TPSA) is 81.7 Å². The van der Waals surface area contributed by atoms with Crippen molar-refractivity contribution in [3.63, 3.8) is 0 Å². The third kappa shape index (κ3) is 3.75. The summed E-state index contributed by atoms with van der Waals surface area (Å²) in [6.07, 6.45) is 3.34. The van der Waals surface area contributed by atoms with Crippen LogP contribution < -0.4 is 10.6 Å². The molecule has 23 heavy (non-hydrogen) atoms. The summed E-state index contributed by atoms with van der Waals surface area (Å²) in [4.78, 5) is 25.8. The predicted octanol–water partition coefficient (Wildman–Crippen LogP) is 1.56. The Hall–Kier alpha value is -2.24. The van der Waals surface area contributed by atoms with Crippen LogP contribution in [0.4, 0.5) is 4.79 Å². The van der Waals surface area contributed by atoms with Gasteiger partial charge < -0.3 is 20.6 Å². The normalized spacial score (nSPS) is 22.5. The molecule has 0 aliphatic carbocycles. The van der Waals surface area contributed by atoms with E-state index < -0.39 is 6.04 Å². The fraction of sp³-hybridized carbons (Fsp3) is 0.529. The van der Waals surface area contributed by atoms with Crippen LogP contribution in [-0.2, 0) is 4.79 Å². The molecular weight excluding hydrogens is 294 g/mol.